The summed E-state index contributed by atoms with van der Waals surface area (Å²) >= 11 is 1.62. The Balaban J connectivity index is 0.00000392. The topological polar surface area (TPSA) is 88.7 Å². The van der Waals surface area contributed by atoms with Gasteiger partial charge in [-0.25, -0.2) is 4.98 Å². The number of aromatic nitrogens is 3. The Labute approximate surface area is 188 Å². The zero-order valence-electron chi connectivity index (χ0n) is 17.4. The average molecular weight is 522 g/mol. The van der Waals surface area contributed by atoms with Crippen LogP contribution in [0.5, 0.6) is 0 Å². The number of methoxy groups -OCH3 is 1. The molecule has 1 unspecified atom stereocenters. The van der Waals surface area contributed by atoms with E-state index in [9.17, 15) is 0 Å². The van der Waals surface area contributed by atoms with Gasteiger partial charge in [0.15, 0.2) is 11.8 Å². The van der Waals surface area contributed by atoms with E-state index in [-0.39, 0.29) is 36.0 Å². The van der Waals surface area contributed by atoms with Crippen LogP contribution in [0.3, 0.4) is 0 Å². The van der Waals surface area contributed by atoms with Crippen LogP contribution < -0.4 is 5.32 Å². The molecule has 0 amide bonds. The largest absolute Gasteiger partial charge is 0.375 e. The summed E-state index contributed by atoms with van der Waals surface area (Å²) < 4.78 is 10.6. The third-order valence-electron chi connectivity index (χ3n) is 4.09. The molecule has 0 spiro atoms. The molecular weight excluding hydrogens is 491 g/mol. The molecule has 0 saturated heterocycles. The minimum absolute atomic E-state index is 0. The Kier molecular flexibility index (Phi) is 10.9. The molecule has 0 aliphatic heterocycles. The van der Waals surface area contributed by atoms with Gasteiger partial charge in [-0.3, -0.25) is 4.99 Å². The summed E-state index contributed by atoms with van der Waals surface area (Å²) in [5.74, 6) is 2.56. The van der Waals surface area contributed by atoms with Crippen molar-refractivity contribution in [2.75, 3.05) is 27.7 Å². The van der Waals surface area contributed by atoms with E-state index in [1.54, 1.807) is 25.5 Å². The Morgan fingerprint density at radius 3 is 2.71 bits per heavy atom. The standard InChI is InChI=1S/C18H30N6O2S.HI/c1-12(2)16-22-15(26-23-16)8-7-9-20-18(19-4)24(5)10-14-11-27-17(21-14)13(3)25-6;/h11-13H,7-10H2,1-6H3,(H,19,20);1H. The highest BCUT2D eigenvalue weighted by Gasteiger charge is 2.13. The smallest absolute Gasteiger partial charge is 0.226 e. The highest BCUT2D eigenvalue weighted by atomic mass is 127. The lowest BCUT2D eigenvalue weighted by molar-refractivity contribution is 0.119. The number of hydrogen-bond donors (Lipinski definition) is 1. The van der Waals surface area contributed by atoms with Crippen LogP contribution in [0.1, 0.15) is 61.6 Å². The van der Waals surface area contributed by atoms with Crippen LogP contribution >= 0.6 is 35.3 Å². The molecule has 0 aliphatic carbocycles. The molecule has 0 aromatic carbocycles. The zero-order valence-corrected chi connectivity index (χ0v) is 20.6. The van der Waals surface area contributed by atoms with Crippen molar-refractivity contribution in [1.82, 2.24) is 25.3 Å². The first-order chi connectivity index (χ1) is 12.9. The second-order valence-electron chi connectivity index (χ2n) is 6.69. The van der Waals surface area contributed by atoms with Crippen molar-refractivity contribution in [2.45, 2.75) is 52.2 Å². The SMILES string of the molecule is CN=C(NCCCc1nc(C(C)C)no1)N(C)Cc1csc(C(C)OC)n1.I. The second-order valence-corrected chi connectivity index (χ2v) is 7.58. The van der Waals surface area contributed by atoms with Crippen molar-refractivity contribution in [3.8, 4) is 0 Å². The number of aliphatic imine (C=N–C) groups is 1. The van der Waals surface area contributed by atoms with Crippen molar-refractivity contribution >= 4 is 41.3 Å². The fraction of sp³-hybridized carbons (Fsp3) is 0.667. The quantitative estimate of drug-likeness (QED) is 0.233. The van der Waals surface area contributed by atoms with E-state index in [1.165, 1.54) is 0 Å². The molecule has 158 valence electrons. The van der Waals surface area contributed by atoms with E-state index in [2.05, 4.69) is 49.6 Å². The number of rotatable bonds is 9. The summed E-state index contributed by atoms with van der Waals surface area (Å²) in [5, 5.41) is 10.4. The lowest BCUT2D eigenvalue weighted by Gasteiger charge is -2.21. The predicted octanol–water partition coefficient (Wildman–Crippen LogP) is 3.61. The number of halogens is 1. The van der Waals surface area contributed by atoms with Crippen molar-refractivity contribution in [2.24, 2.45) is 4.99 Å². The molecule has 8 nitrogen and oxygen atoms in total. The first kappa shape index (κ1) is 24.8. The van der Waals surface area contributed by atoms with E-state index in [0.29, 0.717) is 12.4 Å². The second kappa shape index (κ2) is 12.3. The van der Waals surface area contributed by atoms with E-state index in [4.69, 9.17) is 9.26 Å². The normalized spacial score (nSPS) is 12.8. The van der Waals surface area contributed by atoms with Gasteiger partial charge < -0.3 is 19.5 Å². The third-order valence-corrected chi connectivity index (χ3v) is 5.15. The Morgan fingerprint density at radius 2 is 2.11 bits per heavy atom. The van der Waals surface area contributed by atoms with Gasteiger partial charge >= 0.3 is 0 Å². The van der Waals surface area contributed by atoms with Gasteiger partial charge in [-0.05, 0) is 13.3 Å². The molecule has 0 bridgehead atoms. The van der Waals surface area contributed by atoms with Crippen LogP contribution in [-0.4, -0.2) is 53.7 Å². The molecule has 0 saturated carbocycles. The molecule has 2 aromatic heterocycles. The van der Waals surface area contributed by atoms with Gasteiger partial charge in [-0.1, -0.05) is 19.0 Å². The molecule has 2 rings (SSSR count). The average Bonchev–Trinajstić information content (AvgIpc) is 3.30. The molecule has 2 aromatic rings. The van der Waals surface area contributed by atoms with Crippen LogP contribution in [0, 0.1) is 0 Å². The van der Waals surface area contributed by atoms with Gasteiger partial charge in [0, 0.05) is 45.5 Å². The van der Waals surface area contributed by atoms with Gasteiger partial charge in [0.2, 0.25) is 5.89 Å². The Morgan fingerprint density at radius 1 is 1.36 bits per heavy atom. The first-order valence-corrected chi connectivity index (χ1v) is 10.0. The minimum Gasteiger partial charge on any atom is -0.375 e. The monoisotopic (exact) mass is 522 g/mol. The molecule has 0 aliphatic rings. The molecule has 1 N–H and O–H groups in total. The number of hydrogen-bond acceptors (Lipinski definition) is 7. The lowest BCUT2D eigenvalue weighted by Crippen LogP contribution is -2.39. The van der Waals surface area contributed by atoms with Gasteiger partial charge in [-0.15, -0.1) is 35.3 Å². The molecular formula is C18H31IN6O2S. The summed E-state index contributed by atoms with van der Waals surface area (Å²) in [6.45, 7) is 7.57. The van der Waals surface area contributed by atoms with Crippen molar-refractivity contribution in [1.29, 1.82) is 0 Å². The van der Waals surface area contributed by atoms with E-state index < -0.39 is 0 Å². The summed E-state index contributed by atoms with van der Waals surface area (Å²) in [6, 6.07) is 0. The first-order valence-electron chi connectivity index (χ1n) is 9.16. The Bertz CT molecular complexity index is 733. The summed E-state index contributed by atoms with van der Waals surface area (Å²) in [6.07, 6.45) is 1.66. The van der Waals surface area contributed by atoms with Crippen LogP contribution in [0.25, 0.3) is 0 Å². The maximum Gasteiger partial charge on any atom is 0.226 e. The van der Waals surface area contributed by atoms with E-state index in [0.717, 1.165) is 41.9 Å². The number of nitrogens with one attached hydrogen (secondary N) is 1. The molecule has 0 radical (unpaired) electrons. The minimum atomic E-state index is 0. The molecule has 0 fully saturated rings. The van der Waals surface area contributed by atoms with E-state index >= 15 is 0 Å². The van der Waals surface area contributed by atoms with Crippen molar-refractivity contribution < 1.29 is 9.26 Å². The number of aryl methyl sites for hydroxylation is 1. The molecule has 10 heteroatoms. The highest BCUT2D eigenvalue weighted by molar-refractivity contribution is 14.0. The van der Waals surface area contributed by atoms with E-state index in [1.807, 2.05) is 14.0 Å². The van der Waals surface area contributed by atoms with Crippen LogP contribution in [0.2, 0.25) is 0 Å². The number of ether oxygens (including phenoxy) is 1. The van der Waals surface area contributed by atoms with Crippen LogP contribution in [0.15, 0.2) is 14.9 Å². The van der Waals surface area contributed by atoms with Gasteiger partial charge in [-0.2, -0.15) is 4.98 Å². The highest BCUT2D eigenvalue weighted by Crippen LogP contribution is 2.20. The van der Waals surface area contributed by atoms with Crippen molar-refractivity contribution in [3.63, 3.8) is 0 Å². The summed E-state index contributed by atoms with van der Waals surface area (Å²) in [5.41, 5.74) is 1.01. The fourth-order valence-electron chi connectivity index (χ4n) is 2.43. The van der Waals surface area contributed by atoms with Gasteiger partial charge in [0.1, 0.15) is 11.1 Å². The number of guanidine groups is 1. The Hall–Kier alpha value is -1.27. The van der Waals surface area contributed by atoms with Gasteiger partial charge in [0.05, 0.1) is 12.2 Å². The summed E-state index contributed by atoms with van der Waals surface area (Å²) in [4.78, 5) is 15.4. The number of thiazole rings is 1. The molecule has 1 atom stereocenters. The van der Waals surface area contributed by atoms with Crippen LogP contribution in [0.4, 0.5) is 0 Å². The van der Waals surface area contributed by atoms with Gasteiger partial charge in [0.25, 0.3) is 0 Å². The summed E-state index contributed by atoms with van der Waals surface area (Å²) in [7, 11) is 5.48. The zero-order chi connectivity index (χ0) is 19.8. The predicted molar refractivity (Wildman–Crippen MR) is 122 cm³/mol. The maximum atomic E-state index is 5.32. The van der Waals surface area contributed by atoms with Crippen molar-refractivity contribution in [3.05, 3.63) is 27.8 Å². The maximum absolute atomic E-state index is 5.32. The lowest BCUT2D eigenvalue weighted by atomic mass is 10.2. The fourth-order valence-corrected chi connectivity index (χ4v) is 3.27. The van der Waals surface area contributed by atoms with Crippen LogP contribution in [-0.2, 0) is 17.7 Å². The molecule has 28 heavy (non-hydrogen) atoms. The number of nitrogens with zero attached hydrogens (tertiary/aromatic N) is 5. The third kappa shape index (κ3) is 7.28. The molecule has 2 heterocycles.